The summed E-state index contributed by atoms with van der Waals surface area (Å²) in [6, 6.07) is 6.71. The summed E-state index contributed by atoms with van der Waals surface area (Å²) < 4.78 is 0. The topological polar surface area (TPSA) is 86.2 Å². The number of carbonyl (C=O) groups excluding carboxylic acids is 2. The third-order valence-electron chi connectivity index (χ3n) is 1.65. The van der Waals surface area contributed by atoms with Crippen LogP contribution in [-0.4, -0.2) is 11.8 Å². The quantitative estimate of drug-likeness (QED) is 0.671. The van der Waals surface area contributed by atoms with E-state index in [2.05, 4.69) is 0 Å². The van der Waals surface area contributed by atoms with Crippen molar-refractivity contribution >= 4 is 17.9 Å². The second-order valence-corrected chi connectivity index (χ2v) is 2.69. The van der Waals surface area contributed by atoms with Gasteiger partial charge in [-0.05, 0) is 17.7 Å². The second-order valence-electron chi connectivity index (χ2n) is 2.69. The minimum atomic E-state index is -0.565. The number of benzene rings is 1. The maximum atomic E-state index is 10.9. The van der Waals surface area contributed by atoms with Gasteiger partial charge in [-0.3, -0.25) is 9.59 Å². The molecule has 1 rings (SSSR count). The fourth-order valence-electron chi connectivity index (χ4n) is 1.04. The van der Waals surface area contributed by atoms with Crippen molar-refractivity contribution in [3.63, 3.8) is 0 Å². The third kappa shape index (κ3) is 2.45. The summed E-state index contributed by atoms with van der Waals surface area (Å²) >= 11 is 0. The van der Waals surface area contributed by atoms with Gasteiger partial charge in [0.15, 0.2) is 0 Å². The third-order valence-corrected chi connectivity index (χ3v) is 1.65. The molecular formula is C10H10N2O2. The molecule has 1 aromatic carbocycles. The number of hydrogen-bond acceptors (Lipinski definition) is 2. The molecule has 1 aromatic rings. The Hall–Kier alpha value is -2.10. The van der Waals surface area contributed by atoms with Crippen LogP contribution in [0.4, 0.5) is 0 Å². The Morgan fingerprint density at radius 1 is 1.14 bits per heavy atom. The average Bonchev–Trinajstić information content (AvgIpc) is 2.15. The van der Waals surface area contributed by atoms with Crippen molar-refractivity contribution in [2.45, 2.75) is 0 Å². The Bertz CT molecular complexity index is 397. The minimum absolute atomic E-state index is 0.366. The van der Waals surface area contributed by atoms with Crippen molar-refractivity contribution in [3.8, 4) is 0 Å². The van der Waals surface area contributed by atoms with Gasteiger partial charge in [0.2, 0.25) is 11.8 Å². The van der Waals surface area contributed by atoms with Gasteiger partial charge in [0.05, 0.1) is 0 Å². The van der Waals surface area contributed by atoms with Crippen LogP contribution >= 0.6 is 0 Å². The van der Waals surface area contributed by atoms with Crippen LogP contribution in [0.5, 0.6) is 0 Å². The Morgan fingerprint density at radius 3 is 2.36 bits per heavy atom. The first-order valence-electron chi connectivity index (χ1n) is 3.97. The van der Waals surface area contributed by atoms with Gasteiger partial charge in [-0.15, -0.1) is 0 Å². The van der Waals surface area contributed by atoms with E-state index in [1.165, 1.54) is 12.2 Å². The lowest BCUT2D eigenvalue weighted by Gasteiger charge is -1.99. The number of amides is 2. The molecule has 72 valence electrons. The first-order valence-corrected chi connectivity index (χ1v) is 3.97. The fraction of sp³-hybridized carbons (Fsp3) is 0. The summed E-state index contributed by atoms with van der Waals surface area (Å²) in [5, 5.41) is 0. The van der Waals surface area contributed by atoms with Gasteiger partial charge in [-0.2, -0.15) is 0 Å². The lowest BCUT2D eigenvalue weighted by atomic mass is 10.1. The molecule has 0 saturated heterocycles. The molecule has 0 atom stereocenters. The van der Waals surface area contributed by atoms with Crippen molar-refractivity contribution in [1.82, 2.24) is 0 Å². The van der Waals surface area contributed by atoms with Crippen LogP contribution in [0.1, 0.15) is 15.9 Å². The highest BCUT2D eigenvalue weighted by atomic mass is 16.1. The molecule has 0 aliphatic heterocycles. The van der Waals surface area contributed by atoms with Crippen LogP contribution in [0.15, 0.2) is 30.3 Å². The fourth-order valence-corrected chi connectivity index (χ4v) is 1.04. The van der Waals surface area contributed by atoms with Crippen LogP contribution < -0.4 is 11.5 Å². The molecule has 0 aromatic heterocycles. The van der Waals surface area contributed by atoms with E-state index in [0.29, 0.717) is 11.1 Å². The molecule has 4 heteroatoms. The average molecular weight is 190 g/mol. The highest BCUT2D eigenvalue weighted by Gasteiger charge is 2.03. The molecule has 0 fully saturated rings. The Balaban J connectivity index is 3.07. The summed E-state index contributed by atoms with van der Waals surface area (Å²) in [6.45, 7) is 0. The van der Waals surface area contributed by atoms with Crippen LogP contribution in [-0.2, 0) is 4.79 Å². The molecule has 0 saturated carbocycles. The summed E-state index contributed by atoms with van der Waals surface area (Å²) in [5.74, 6) is -1.10. The summed E-state index contributed by atoms with van der Waals surface area (Å²) in [7, 11) is 0. The second kappa shape index (κ2) is 4.23. The first kappa shape index (κ1) is 9.98. The zero-order valence-electron chi connectivity index (χ0n) is 7.44. The van der Waals surface area contributed by atoms with E-state index in [9.17, 15) is 9.59 Å². The van der Waals surface area contributed by atoms with Crippen LogP contribution in [0, 0.1) is 0 Å². The van der Waals surface area contributed by atoms with Crippen molar-refractivity contribution in [2.75, 3.05) is 0 Å². The summed E-state index contributed by atoms with van der Waals surface area (Å²) in [6.07, 6.45) is 2.64. The molecule has 0 spiro atoms. The van der Waals surface area contributed by atoms with Crippen molar-refractivity contribution in [2.24, 2.45) is 11.5 Å². The monoisotopic (exact) mass is 190 g/mol. The first-order chi connectivity index (χ1) is 6.61. The molecular weight excluding hydrogens is 180 g/mol. The minimum Gasteiger partial charge on any atom is -0.366 e. The highest BCUT2D eigenvalue weighted by Crippen LogP contribution is 2.09. The maximum absolute atomic E-state index is 10.9. The maximum Gasteiger partial charge on any atom is 0.249 e. The molecule has 2 amide bonds. The Labute approximate surface area is 81.2 Å². The van der Waals surface area contributed by atoms with E-state index in [1.807, 2.05) is 0 Å². The van der Waals surface area contributed by atoms with Gasteiger partial charge in [0.1, 0.15) is 0 Å². The van der Waals surface area contributed by atoms with Crippen molar-refractivity contribution in [3.05, 3.63) is 41.5 Å². The summed E-state index contributed by atoms with van der Waals surface area (Å²) in [5.41, 5.74) is 11.0. The van der Waals surface area contributed by atoms with E-state index in [1.54, 1.807) is 24.3 Å². The smallest absolute Gasteiger partial charge is 0.249 e. The van der Waals surface area contributed by atoms with Gasteiger partial charge in [-0.1, -0.05) is 18.2 Å². The Kier molecular flexibility index (Phi) is 3.01. The van der Waals surface area contributed by atoms with E-state index >= 15 is 0 Å². The highest BCUT2D eigenvalue weighted by molar-refractivity contribution is 5.98. The van der Waals surface area contributed by atoms with Gasteiger partial charge >= 0.3 is 0 Å². The zero-order valence-corrected chi connectivity index (χ0v) is 7.44. The molecule has 4 N–H and O–H groups in total. The number of nitrogens with two attached hydrogens (primary N) is 2. The molecule has 14 heavy (non-hydrogen) atoms. The molecule has 4 nitrogen and oxygen atoms in total. The van der Waals surface area contributed by atoms with Crippen LogP contribution in [0.25, 0.3) is 6.08 Å². The molecule has 0 radical (unpaired) electrons. The Morgan fingerprint density at radius 2 is 1.79 bits per heavy atom. The predicted molar refractivity (Wildman–Crippen MR) is 53.2 cm³/mol. The van der Waals surface area contributed by atoms with E-state index in [4.69, 9.17) is 11.5 Å². The van der Waals surface area contributed by atoms with Gasteiger partial charge in [0.25, 0.3) is 0 Å². The zero-order chi connectivity index (χ0) is 10.6. The number of primary amides is 2. The van der Waals surface area contributed by atoms with Crippen LogP contribution in [0.2, 0.25) is 0 Å². The standard InChI is InChI=1S/C10H10N2O2/c11-9(13)6-5-7-3-1-2-4-8(7)10(12)14/h1-6H,(H2,11,13)(H2,12,14). The van der Waals surface area contributed by atoms with E-state index in [-0.39, 0.29) is 0 Å². The normalized spacial score (nSPS) is 10.3. The van der Waals surface area contributed by atoms with Gasteiger partial charge < -0.3 is 11.5 Å². The van der Waals surface area contributed by atoms with E-state index < -0.39 is 11.8 Å². The van der Waals surface area contributed by atoms with Crippen molar-refractivity contribution < 1.29 is 9.59 Å². The largest absolute Gasteiger partial charge is 0.366 e. The molecule has 0 aliphatic carbocycles. The SMILES string of the molecule is NC(=O)C=Cc1ccccc1C(N)=O. The van der Waals surface area contributed by atoms with Crippen LogP contribution in [0.3, 0.4) is 0 Å². The number of hydrogen-bond donors (Lipinski definition) is 2. The molecule has 0 unspecified atom stereocenters. The molecule has 0 aliphatic rings. The van der Waals surface area contributed by atoms with Gasteiger partial charge in [0, 0.05) is 11.6 Å². The predicted octanol–water partition coefficient (Wildman–Crippen LogP) is 0.284. The van der Waals surface area contributed by atoms with Crippen molar-refractivity contribution in [1.29, 1.82) is 0 Å². The van der Waals surface area contributed by atoms with Gasteiger partial charge in [-0.25, -0.2) is 0 Å². The molecule has 0 bridgehead atoms. The summed E-state index contributed by atoms with van der Waals surface area (Å²) in [4.78, 5) is 21.4. The molecule has 0 heterocycles. The lowest BCUT2D eigenvalue weighted by molar-refractivity contribution is -0.113. The number of rotatable bonds is 3. The van der Waals surface area contributed by atoms with E-state index in [0.717, 1.165) is 0 Å². The number of carbonyl (C=O) groups is 2. The lowest BCUT2D eigenvalue weighted by Crippen LogP contribution is -2.12.